The van der Waals surface area contributed by atoms with Crippen LogP contribution in [-0.4, -0.2) is 44.2 Å². The Morgan fingerprint density at radius 1 is 1.09 bits per heavy atom. The van der Waals surface area contributed by atoms with E-state index in [4.69, 9.17) is 0 Å². The largest absolute Gasteiger partial charge is 0.324 e. The number of aliphatic imine (C=N–C) groups is 1. The third-order valence-electron chi connectivity index (χ3n) is 5.58. The van der Waals surface area contributed by atoms with Crippen LogP contribution < -0.4 is 10.0 Å². The van der Waals surface area contributed by atoms with E-state index in [1.165, 1.54) is 0 Å². The Labute approximate surface area is 191 Å². The summed E-state index contributed by atoms with van der Waals surface area (Å²) in [6, 6.07) is 13.8. The number of fused-ring (bicyclic) bond motifs is 1. The number of nitrogens with one attached hydrogen (secondary N) is 2. The summed E-state index contributed by atoms with van der Waals surface area (Å²) in [5, 5.41) is 2.98. The van der Waals surface area contributed by atoms with Crippen LogP contribution in [0.25, 0.3) is 0 Å². The molecule has 1 heterocycles. The van der Waals surface area contributed by atoms with Gasteiger partial charge in [-0.2, -0.15) is 0 Å². The van der Waals surface area contributed by atoms with Crippen molar-refractivity contribution in [3.8, 4) is 0 Å². The number of amides is 1. The molecule has 8 heteroatoms. The van der Waals surface area contributed by atoms with Gasteiger partial charge in [-0.05, 0) is 49.3 Å². The summed E-state index contributed by atoms with van der Waals surface area (Å²) in [4.78, 5) is 20.2. The van der Waals surface area contributed by atoms with Gasteiger partial charge in [0, 0.05) is 17.8 Å². The van der Waals surface area contributed by atoms with Gasteiger partial charge >= 0.3 is 0 Å². The summed E-state index contributed by atoms with van der Waals surface area (Å²) in [5.74, 6) is -0.0124. The lowest BCUT2D eigenvalue weighted by molar-refractivity contribution is -0.117. The zero-order chi connectivity index (χ0) is 23.1. The highest BCUT2D eigenvalue weighted by Crippen LogP contribution is 2.23. The van der Waals surface area contributed by atoms with Crippen molar-refractivity contribution in [2.75, 3.05) is 18.4 Å². The molecule has 32 heavy (non-hydrogen) atoms. The highest BCUT2D eigenvalue weighted by atomic mass is 32.2. The van der Waals surface area contributed by atoms with Crippen LogP contribution in [0.4, 0.5) is 5.69 Å². The molecule has 7 nitrogen and oxygen atoms in total. The Hall–Kier alpha value is -2.71. The van der Waals surface area contributed by atoms with E-state index < -0.39 is 16.1 Å². The summed E-state index contributed by atoms with van der Waals surface area (Å²) >= 11 is 0. The van der Waals surface area contributed by atoms with Crippen molar-refractivity contribution in [2.24, 2.45) is 4.99 Å². The minimum absolute atomic E-state index is 0.192. The summed E-state index contributed by atoms with van der Waals surface area (Å²) < 4.78 is 27.3. The van der Waals surface area contributed by atoms with Crippen molar-refractivity contribution in [3.63, 3.8) is 0 Å². The third-order valence-corrected chi connectivity index (χ3v) is 6.97. The second-order valence-corrected chi connectivity index (χ2v) is 9.54. The number of nitrogens with zero attached hydrogens (tertiary/aromatic N) is 2. The van der Waals surface area contributed by atoms with Crippen LogP contribution in [0.15, 0.2) is 58.4 Å². The maximum absolute atomic E-state index is 13.1. The van der Waals surface area contributed by atoms with Crippen LogP contribution in [0.1, 0.15) is 51.2 Å². The van der Waals surface area contributed by atoms with Crippen molar-refractivity contribution < 1.29 is 13.2 Å². The van der Waals surface area contributed by atoms with Gasteiger partial charge in [0.15, 0.2) is 0 Å². The van der Waals surface area contributed by atoms with Gasteiger partial charge in [0.1, 0.15) is 11.9 Å². The van der Waals surface area contributed by atoms with E-state index in [1.807, 2.05) is 31.2 Å². The standard InChI is InChI=1S/C24H32N4O3S/c1-4-7-14-21(26-23-20-13-8-9-15-22(20)32(30,31)27-23)24(29)25-19-12-10-11-18(16-19)17-28(5-2)6-3/h8-13,15-16,21H,4-7,14,17H2,1-3H3,(H,25,29)(H,26,27). The van der Waals surface area contributed by atoms with E-state index in [0.29, 0.717) is 17.7 Å². The first-order chi connectivity index (χ1) is 15.4. The van der Waals surface area contributed by atoms with Gasteiger partial charge in [-0.3, -0.25) is 19.4 Å². The molecule has 1 aliphatic heterocycles. The van der Waals surface area contributed by atoms with Gasteiger partial charge < -0.3 is 5.32 Å². The average Bonchev–Trinajstić information content (AvgIpc) is 3.05. The molecule has 0 radical (unpaired) electrons. The molecule has 2 aromatic rings. The van der Waals surface area contributed by atoms with E-state index in [9.17, 15) is 13.2 Å². The number of hydrogen-bond acceptors (Lipinski definition) is 5. The van der Waals surface area contributed by atoms with E-state index in [-0.39, 0.29) is 16.6 Å². The zero-order valence-electron chi connectivity index (χ0n) is 19.0. The number of unbranched alkanes of at least 4 members (excludes halogenated alkanes) is 1. The molecule has 3 rings (SSSR count). The van der Waals surface area contributed by atoms with Crippen LogP contribution in [0, 0.1) is 0 Å². The molecule has 2 aromatic carbocycles. The minimum atomic E-state index is -3.64. The predicted octanol–water partition coefficient (Wildman–Crippen LogP) is 3.76. The molecule has 1 atom stereocenters. The number of sulfonamides is 1. The Bertz CT molecular complexity index is 1080. The number of carbonyl (C=O) groups excluding carboxylic acids is 1. The lowest BCUT2D eigenvalue weighted by Crippen LogP contribution is -2.31. The Balaban J connectivity index is 1.82. The van der Waals surface area contributed by atoms with Crippen molar-refractivity contribution in [1.82, 2.24) is 9.62 Å². The molecule has 0 spiro atoms. The monoisotopic (exact) mass is 456 g/mol. The maximum atomic E-state index is 13.1. The van der Waals surface area contributed by atoms with Crippen LogP contribution in [-0.2, 0) is 21.4 Å². The predicted molar refractivity (Wildman–Crippen MR) is 128 cm³/mol. The van der Waals surface area contributed by atoms with Crippen molar-refractivity contribution in [3.05, 3.63) is 59.7 Å². The molecule has 0 fully saturated rings. The van der Waals surface area contributed by atoms with Gasteiger partial charge in [-0.25, -0.2) is 8.42 Å². The Kier molecular flexibility index (Phi) is 8.04. The van der Waals surface area contributed by atoms with E-state index in [2.05, 4.69) is 33.8 Å². The van der Waals surface area contributed by atoms with Gasteiger partial charge in [0.2, 0.25) is 5.91 Å². The van der Waals surface area contributed by atoms with Gasteiger partial charge in [-0.15, -0.1) is 0 Å². The fraction of sp³-hybridized carbons (Fsp3) is 0.417. The molecule has 0 aromatic heterocycles. The van der Waals surface area contributed by atoms with Gasteiger partial charge in [-0.1, -0.05) is 57.9 Å². The molecule has 1 unspecified atom stereocenters. The fourth-order valence-corrected chi connectivity index (χ4v) is 4.95. The highest BCUT2D eigenvalue weighted by Gasteiger charge is 2.31. The van der Waals surface area contributed by atoms with Crippen LogP contribution in [0.3, 0.4) is 0 Å². The summed E-state index contributed by atoms with van der Waals surface area (Å²) in [5.41, 5.74) is 2.34. The van der Waals surface area contributed by atoms with Crippen LogP contribution >= 0.6 is 0 Å². The van der Waals surface area contributed by atoms with Crippen molar-refractivity contribution in [2.45, 2.75) is 57.5 Å². The minimum Gasteiger partial charge on any atom is -0.324 e. The Morgan fingerprint density at radius 2 is 1.84 bits per heavy atom. The molecule has 2 N–H and O–H groups in total. The molecule has 172 valence electrons. The molecule has 0 aliphatic carbocycles. The normalized spacial score (nSPS) is 16.6. The maximum Gasteiger partial charge on any atom is 0.263 e. The molecule has 1 amide bonds. The molecular weight excluding hydrogens is 424 g/mol. The number of rotatable bonds is 10. The number of carbonyl (C=O) groups is 1. The molecular formula is C24H32N4O3S. The van der Waals surface area contributed by atoms with Crippen molar-refractivity contribution >= 4 is 27.5 Å². The molecule has 0 saturated heterocycles. The molecule has 0 bridgehead atoms. The van der Waals surface area contributed by atoms with Crippen LogP contribution in [0.2, 0.25) is 0 Å². The van der Waals surface area contributed by atoms with Gasteiger partial charge in [0.25, 0.3) is 10.0 Å². The lowest BCUT2D eigenvalue weighted by Gasteiger charge is -2.19. The lowest BCUT2D eigenvalue weighted by atomic mass is 10.1. The SMILES string of the molecule is CCCCC(N=C1NS(=O)(=O)c2ccccc21)C(=O)Nc1cccc(CN(CC)CC)c1. The quantitative estimate of drug-likeness (QED) is 0.569. The first-order valence-corrected chi connectivity index (χ1v) is 12.7. The third kappa shape index (κ3) is 5.75. The van der Waals surface area contributed by atoms with E-state index in [1.54, 1.807) is 24.3 Å². The summed E-state index contributed by atoms with van der Waals surface area (Å²) in [6.07, 6.45) is 2.26. The number of amidine groups is 1. The van der Waals surface area contributed by atoms with Crippen molar-refractivity contribution in [1.29, 1.82) is 0 Å². The number of hydrogen-bond donors (Lipinski definition) is 2. The summed E-state index contributed by atoms with van der Waals surface area (Å²) in [6.45, 7) is 9.04. The van der Waals surface area contributed by atoms with Gasteiger partial charge in [0.05, 0.1) is 4.90 Å². The van der Waals surface area contributed by atoms with Crippen LogP contribution in [0.5, 0.6) is 0 Å². The zero-order valence-corrected chi connectivity index (χ0v) is 19.8. The number of anilines is 1. The smallest absolute Gasteiger partial charge is 0.263 e. The molecule has 1 aliphatic rings. The number of benzene rings is 2. The molecule has 0 saturated carbocycles. The summed E-state index contributed by atoms with van der Waals surface area (Å²) in [7, 11) is -3.64. The Morgan fingerprint density at radius 3 is 2.56 bits per heavy atom. The second kappa shape index (κ2) is 10.7. The first-order valence-electron chi connectivity index (χ1n) is 11.2. The highest BCUT2D eigenvalue weighted by molar-refractivity contribution is 7.90. The topological polar surface area (TPSA) is 90.9 Å². The van der Waals surface area contributed by atoms with E-state index in [0.717, 1.165) is 38.0 Å². The first kappa shape index (κ1) is 23.9. The second-order valence-electron chi connectivity index (χ2n) is 7.89. The fourth-order valence-electron chi connectivity index (χ4n) is 3.72. The van der Waals surface area contributed by atoms with E-state index >= 15 is 0 Å². The average molecular weight is 457 g/mol.